The number of hydrogen-bond acceptors (Lipinski definition) is 0. The maximum absolute atomic E-state index is 12.5. The number of hydrogen-bond donors (Lipinski definition) is 0. The van der Waals surface area contributed by atoms with Crippen LogP contribution in [-0.2, 0) is 0 Å². The van der Waals surface area contributed by atoms with Crippen LogP contribution in [0.5, 0.6) is 0 Å². The van der Waals surface area contributed by atoms with Crippen LogP contribution in [0.1, 0.15) is 25.7 Å². The molecule has 0 bridgehead atoms. The largest absolute Gasteiger partial charge is 0.246 e. The van der Waals surface area contributed by atoms with Crippen LogP contribution in [0.15, 0.2) is 0 Å². The SMILES string of the molecule is FC1CCCC[C@H]1Br. The van der Waals surface area contributed by atoms with E-state index >= 15 is 0 Å². The lowest BCUT2D eigenvalue weighted by atomic mass is 9.99. The molecule has 1 rings (SSSR count). The van der Waals surface area contributed by atoms with Crippen molar-refractivity contribution < 1.29 is 4.39 Å². The lowest BCUT2D eigenvalue weighted by Gasteiger charge is -2.19. The molecule has 0 aromatic carbocycles. The van der Waals surface area contributed by atoms with Crippen LogP contribution >= 0.6 is 15.9 Å². The highest BCUT2D eigenvalue weighted by Crippen LogP contribution is 2.26. The van der Waals surface area contributed by atoms with E-state index in [0.29, 0.717) is 0 Å². The minimum Gasteiger partial charge on any atom is -0.246 e. The van der Waals surface area contributed by atoms with Gasteiger partial charge in [0.1, 0.15) is 6.17 Å². The molecule has 0 N–H and O–H groups in total. The van der Waals surface area contributed by atoms with Gasteiger partial charge in [0, 0.05) is 4.83 Å². The van der Waals surface area contributed by atoms with E-state index < -0.39 is 6.17 Å². The molecule has 1 aliphatic rings. The Morgan fingerprint density at radius 2 is 1.88 bits per heavy atom. The van der Waals surface area contributed by atoms with Crippen LogP contribution in [0.4, 0.5) is 4.39 Å². The summed E-state index contributed by atoms with van der Waals surface area (Å²) in [5, 5.41) is 0. The van der Waals surface area contributed by atoms with Crippen molar-refractivity contribution in [1.82, 2.24) is 0 Å². The molecule has 0 heterocycles. The van der Waals surface area contributed by atoms with Crippen molar-refractivity contribution in [3.63, 3.8) is 0 Å². The van der Waals surface area contributed by atoms with Gasteiger partial charge in [-0.3, -0.25) is 0 Å². The second-order valence-electron chi connectivity index (χ2n) is 2.32. The number of halogens is 2. The third-order valence-electron chi connectivity index (χ3n) is 1.60. The highest BCUT2D eigenvalue weighted by Gasteiger charge is 2.21. The Labute approximate surface area is 57.6 Å². The molecular formula is C6H10BrF. The van der Waals surface area contributed by atoms with Gasteiger partial charge in [0.2, 0.25) is 0 Å². The van der Waals surface area contributed by atoms with Crippen molar-refractivity contribution in [3.8, 4) is 0 Å². The molecule has 1 saturated carbocycles. The minimum absolute atomic E-state index is 0.149. The van der Waals surface area contributed by atoms with Crippen LogP contribution in [0.2, 0.25) is 0 Å². The normalized spacial score (nSPS) is 39.8. The second-order valence-corrected chi connectivity index (χ2v) is 3.49. The Hall–Kier alpha value is 0.410. The van der Waals surface area contributed by atoms with Crippen molar-refractivity contribution in [2.45, 2.75) is 36.7 Å². The molecule has 2 atom stereocenters. The molecule has 0 spiro atoms. The first-order valence-corrected chi connectivity index (χ1v) is 4.00. The molecule has 0 aromatic heterocycles. The van der Waals surface area contributed by atoms with E-state index in [1.165, 1.54) is 6.42 Å². The fourth-order valence-electron chi connectivity index (χ4n) is 1.04. The highest BCUT2D eigenvalue weighted by molar-refractivity contribution is 9.09. The summed E-state index contributed by atoms with van der Waals surface area (Å²) in [6, 6.07) is 0. The van der Waals surface area contributed by atoms with E-state index in [1.54, 1.807) is 0 Å². The fraction of sp³-hybridized carbons (Fsp3) is 1.00. The summed E-state index contributed by atoms with van der Waals surface area (Å²) in [4.78, 5) is 0.149. The van der Waals surface area contributed by atoms with Gasteiger partial charge in [0.05, 0.1) is 0 Å². The topological polar surface area (TPSA) is 0 Å². The summed E-state index contributed by atoms with van der Waals surface area (Å²) in [6.07, 6.45) is 3.46. The standard InChI is InChI=1S/C6H10BrF/c7-5-3-1-2-4-6(5)8/h5-6H,1-4H2/t5-,6?/m1/s1. The summed E-state index contributed by atoms with van der Waals surface area (Å²) in [5.41, 5.74) is 0. The van der Waals surface area contributed by atoms with Gasteiger partial charge in [-0.25, -0.2) is 4.39 Å². The first kappa shape index (κ1) is 6.53. The van der Waals surface area contributed by atoms with Gasteiger partial charge in [-0.15, -0.1) is 0 Å². The summed E-state index contributed by atoms with van der Waals surface area (Å²) < 4.78 is 12.5. The highest BCUT2D eigenvalue weighted by atomic mass is 79.9. The molecule has 0 aromatic rings. The van der Waals surface area contributed by atoms with Crippen LogP contribution in [0, 0.1) is 0 Å². The van der Waals surface area contributed by atoms with E-state index in [0.717, 1.165) is 19.3 Å². The minimum atomic E-state index is -0.580. The summed E-state index contributed by atoms with van der Waals surface area (Å²) in [5.74, 6) is 0. The molecule has 0 amide bonds. The van der Waals surface area contributed by atoms with E-state index in [4.69, 9.17) is 0 Å². The van der Waals surface area contributed by atoms with Crippen LogP contribution in [-0.4, -0.2) is 11.0 Å². The lowest BCUT2D eigenvalue weighted by Crippen LogP contribution is -2.19. The van der Waals surface area contributed by atoms with E-state index in [-0.39, 0.29) is 4.83 Å². The summed E-state index contributed by atoms with van der Waals surface area (Å²) in [7, 11) is 0. The zero-order chi connectivity index (χ0) is 5.98. The Kier molecular flexibility index (Phi) is 2.29. The molecule has 48 valence electrons. The molecule has 2 heteroatoms. The average molecular weight is 181 g/mol. The first-order chi connectivity index (χ1) is 3.80. The van der Waals surface area contributed by atoms with Crippen molar-refractivity contribution in [3.05, 3.63) is 0 Å². The smallest absolute Gasteiger partial charge is 0.113 e. The van der Waals surface area contributed by atoms with E-state index in [1.807, 2.05) is 0 Å². The zero-order valence-electron chi connectivity index (χ0n) is 4.74. The molecule has 0 aliphatic heterocycles. The first-order valence-electron chi connectivity index (χ1n) is 3.09. The molecule has 0 nitrogen and oxygen atoms in total. The maximum Gasteiger partial charge on any atom is 0.113 e. The Morgan fingerprint density at radius 1 is 1.25 bits per heavy atom. The molecular weight excluding hydrogens is 171 g/mol. The van der Waals surface area contributed by atoms with Gasteiger partial charge < -0.3 is 0 Å². The van der Waals surface area contributed by atoms with Crippen LogP contribution < -0.4 is 0 Å². The second kappa shape index (κ2) is 2.81. The van der Waals surface area contributed by atoms with Crippen molar-refractivity contribution in [2.75, 3.05) is 0 Å². The molecule has 1 aliphatic carbocycles. The molecule has 1 unspecified atom stereocenters. The zero-order valence-corrected chi connectivity index (χ0v) is 6.33. The van der Waals surface area contributed by atoms with Crippen LogP contribution in [0.3, 0.4) is 0 Å². The summed E-state index contributed by atoms with van der Waals surface area (Å²) in [6.45, 7) is 0. The fourth-order valence-corrected chi connectivity index (χ4v) is 1.63. The van der Waals surface area contributed by atoms with Gasteiger partial charge >= 0.3 is 0 Å². The predicted octanol–water partition coefficient (Wildman–Crippen LogP) is 2.66. The lowest BCUT2D eigenvalue weighted by molar-refractivity contribution is 0.263. The average Bonchev–Trinajstić information content (AvgIpc) is 1.77. The van der Waals surface area contributed by atoms with Crippen molar-refractivity contribution in [2.24, 2.45) is 0 Å². The summed E-state index contributed by atoms with van der Waals surface area (Å²) >= 11 is 3.28. The van der Waals surface area contributed by atoms with Gasteiger partial charge in [-0.05, 0) is 12.8 Å². The van der Waals surface area contributed by atoms with Gasteiger partial charge in [-0.2, -0.15) is 0 Å². The van der Waals surface area contributed by atoms with E-state index in [2.05, 4.69) is 15.9 Å². The maximum atomic E-state index is 12.5. The number of rotatable bonds is 0. The van der Waals surface area contributed by atoms with Crippen LogP contribution in [0.25, 0.3) is 0 Å². The Balaban J connectivity index is 2.28. The van der Waals surface area contributed by atoms with Crippen molar-refractivity contribution in [1.29, 1.82) is 0 Å². The van der Waals surface area contributed by atoms with E-state index in [9.17, 15) is 4.39 Å². The molecule has 1 fully saturated rings. The Bertz CT molecular complexity index is 64.9. The van der Waals surface area contributed by atoms with Gasteiger partial charge in [0.15, 0.2) is 0 Å². The predicted molar refractivity (Wildman–Crippen MR) is 36.1 cm³/mol. The quantitative estimate of drug-likeness (QED) is 0.504. The molecule has 0 saturated heterocycles. The molecule has 8 heavy (non-hydrogen) atoms. The number of alkyl halides is 2. The van der Waals surface area contributed by atoms with Gasteiger partial charge in [0.25, 0.3) is 0 Å². The third-order valence-corrected chi connectivity index (χ3v) is 2.63. The molecule has 0 radical (unpaired) electrons. The van der Waals surface area contributed by atoms with Gasteiger partial charge in [-0.1, -0.05) is 28.8 Å². The Morgan fingerprint density at radius 3 is 2.25 bits per heavy atom. The van der Waals surface area contributed by atoms with Crippen molar-refractivity contribution >= 4 is 15.9 Å². The third kappa shape index (κ3) is 1.44. The monoisotopic (exact) mass is 180 g/mol.